The molecule has 1 aliphatic heterocycles. The van der Waals surface area contributed by atoms with Crippen LogP contribution in [0.4, 0.5) is 11.4 Å². The van der Waals surface area contributed by atoms with Gasteiger partial charge in [0.2, 0.25) is 0 Å². The number of hydrogen-bond donors (Lipinski definition) is 2. The Morgan fingerprint density at radius 3 is 2.40 bits per heavy atom. The van der Waals surface area contributed by atoms with Crippen molar-refractivity contribution in [3.8, 4) is 5.75 Å². The van der Waals surface area contributed by atoms with Crippen molar-refractivity contribution in [1.82, 2.24) is 10.2 Å². The molecule has 0 aliphatic carbocycles. The van der Waals surface area contributed by atoms with Gasteiger partial charge in [0.1, 0.15) is 5.75 Å². The number of piperazine rings is 1. The van der Waals surface area contributed by atoms with Crippen molar-refractivity contribution in [2.45, 2.75) is 13.3 Å². The minimum absolute atomic E-state index is 0.485. The highest BCUT2D eigenvalue weighted by Crippen LogP contribution is 2.20. The molecular formula is C23H30N4O3. The van der Waals surface area contributed by atoms with Crippen LogP contribution in [-0.4, -0.2) is 63.1 Å². The molecule has 30 heavy (non-hydrogen) atoms. The Balaban J connectivity index is 1.32. The highest BCUT2D eigenvalue weighted by Gasteiger charge is 2.17. The van der Waals surface area contributed by atoms with E-state index in [0.29, 0.717) is 12.2 Å². The Bertz CT molecular complexity index is 846. The van der Waals surface area contributed by atoms with Gasteiger partial charge in [-0.05, 0) is 61.9 Å². The van der Waals surface area contributed by atoms with Crippen LogP contribution in [0, 0.1) is 6.92 Å². The lowest BCUT2D eigenvalue weighted by Gasteiger charge is -2.36. The van der Waals surface area contributed by atoms with Crippen molar-refractivity contribution in [3.63, 3.8) is 0 Å². The molecule has 0 bridgehead atoms. The number of ether oxygens (including phenoxy) is 1. The van der Waals surface area contributed by atoms with Gasteiger partial charge < -0.3 is 20.3 Å². The Morgan fingerprint density at radius 2 is 1.73 bits per heavy atom. The second-order valence-corrected chi connectivity index (χ2v) is 7.46. The number of amides is 2. The van der Waals surface area contributed by atoms with Crippen molar-refractivity contribution in [3.05, 3.63) is 54.1 Å². The van der Waals surface area contributed by atoms with E-state index in [0.717, 1.165) is 50.5 Å². The van der Waals surface area contributed by atoms with E-state index in [-0.39, 0.29) is 0 Å². The SMILES string of the molecule is COc1ccc(N2CCN(CCCNC(=O)C(=O)Nc3cccc(C)c3)CC2)cc1. The summed E-state index contributed by atoms with van der Waals surface area (Å²) >= 11 is 0. The summed E-state index contributed by atoms with van der Waals surface area (Å²) in [5.41, 5.74) is 2.87. The van der Waals surface area contributed by atoms with E-state index < -0.39 is 11.8 Å². The Morgan fingerprint density at radius 1 is 1.00 bits per heavy atom. The number of rotatable bonds is 7. The van der Waals surface area contributed by atoms with Crippen LogP contribution in [0.15, 0.2) is 48.5 Å². The third kappa shape index (κ3) is 6.22. The largest absolute Gasteiger partial charge is 0.497 e. The van der Waals surface area contributed by atoms with Gasteiger partial charge in [0, 0.05) is 44.1 Å². The van der Waals surface area contributed by atoms with Gasteiger partial charge in [0.15, 0.2) is 0 Å². The van der Waals surface area contributed by atoms with Crippen LogP contribution in [0.25, 0.3) is 0 Å². The summed E-state index contributed by atoms with van der Waals surface area (Å²) in [6, 6.07) is 15.5. The van der Waals surface area contributed by atoms with E-state index in [2.05, 4.69) is 32.6 Å². The van der Waals surface area contributed by atoms with Gasteiger partial charge in [-0.25, -0.2) is 0 Å². The van der Waals surface area contributed by atoms with Gasteiger partial charge >= 0.3 is 11.8 Å². The normalized spacial score (nSPS) is 14.3. The minimum Gasteiger partial charge on any atom is -0.497 e. The number of aryl methyl sites for hydroxylation is 1. The summed E-state index contributed by atoms with van der Waals surface area (Å²) in [6.45, 7) is 7.22. The lowest BCUT2D eigenvalue weighted by molar-refractivity contribution is -0.136. The summed E-state index contributed by atoms with van der Waals surface area (Å²) in [4.78, 5) is 28.7. The van der Waals surface area contributed by atoms with Crippen LogP contribution in [0.3, 0.4) is 0 Å². The molecule has 160 valence electrons. The first-order valence-corrected chi connectivity index (χ1v) is 10.3. The highest BCUT2D eigenvalue weighted by atomic mass is 16.5. The van der Waals surface area contributed by atoms with Crippen LogP contribution >= 0.6 is 0 Å². The van der Waals surface area contributed by atoms with Gasteiger partial charge in [-0.15, -0.1) is 0 Å². The fourth-order valence-corrected chi connectivity index (χ4v) is 3.52. The number of hydrogen-bond acceptors (Lipinski definition) is 5. The van der Waals surface area contributed by atoms with Crippen LogP contribution in [0.1, 0.15) is 12.0 Å². The van der Waals surface area contributed by atoms with Crippen molar-refractivity contribution < 1.29 is 14.3 Å². The number of benzene rings is 2. The highest BCUT2D eigenvalue weighted by molar-refractivity contribution is 6.39. The molecule has 0 atom stereocenters. The van der Waals surface area contributed by atoms with Gasteiger partial charge in [-0.3, -0.25) is 14.5 Å². The Kier molecular flexibility index (Phi) is 7.68. The third-order valence-electron chi connectivity index (χ3n) is 5.23. The predicted molar refractivity (Wildman–Crippen MR) is 119 cm³/mol. The van der Waals surface area contributed by atoms with Gasteiger partial charge in [-0.2, -0.15) is 0 Å². The first kappa shape index (κ1) is 21.6. The zero-order chi connectivity index (χ0) is 21.3. The van der Waals surface area contributed by atoms with E-state index in [1.54, 1.807) is 13.2 Å². The van der Waals surface area contributed by atoms with Gasteiger partial charge in [-0.1, -0.05) is 12.1 Å². The second-order valence-electron chi connectivity index (χ2n) is 7.46. The number of methoxy groups -OCH3 is 1. The van der Waals surface area contributed by atoms with Gasteiger partial charge in [0.05, 0.1) is 7.11 Å². The number of nitrogens with zero attached hydrogens (tertiary/aromatic N) is 2. The summed E-state index contributed by atoms with van der Waals surface area (Å²) in [7, 11) is 1.67. The molecule has 0 saturated carbocycles. The smallest absolute Gasteiger partial charge is 0.313 e. The zero-order valence-electron chi connectivity index (χ0n) is 17.7. The van der Waals surface area contributed by atoms with E-state index in [1.807, 2.05) is 37.3 Å². The van der Waals surface area contributed by atoms with E-state index in [9.17, 15) is 9.59 Å². The van der Waals surface area contributed by atoms with Crippen molar-refractivity contribution in [2.24, 2.45) is 0 Å². The molecular weight excluding hydrogens is 380 g/mol. The zero-order valence-corrected chi connectivity index (χ0v) is 17.7. The molecule has 2 aromatic rings. The number of carbonyl (C=O) groups is 2. The number of carbonyl (C=O) groups excluding carboxylic acids is 2. The number of anilines is 2. The van der Waals surface area contributed by atoms with Crippen molar-refractivity contribution >= 4 is 23.2 Å². The lowest BCUT2D eigenvalue weighted by Crippen LogP contribution is -2.47. The molecule has 1 aliphatic rings. The van der Waals surface area contributed by atoms with E-state index in [1.165, 1.54) is 5.69 Å². The molecule has 3 rings (SSSR count). The average Bonchev–Trinajstić information content (AvgIpc) is 2.77. The molecule has 1 heterocycles. The summed E-state index contributed by atoms with van der Waals surface area (Å²) in [5, 5.41) is 5.33. The molecule has 0 spiro atoms. The maximum absolute atomic E-state index is 12.0. The topological polar surface area (TPSA) is 73.9 Å². The standard InChI is InChI=1S/C23H30N4O3/c1-18-5-3-6-19(17-18)25-23(29)22(28)24-11-4-12-26-13-15-27(16-14-26)20-7-9-21(30-2)10-8-20/h3,5-10,17H,4,11-16H2,1-2H3,(H,24,28)(H,25,29). The summed E-state index contributed by atoms with van der Waals surface area (Å²) < 4.78 is 5.21. The maximum atomic E-state index is 12.0. The minimum atomic E-state index is -0.631. The molecule has 0 aromatic heterocycles. The predicted octanol–water partition coefficient (Wildman–Crippen LogP) is 2.27. The molecule has 2 aromatic carbocycles. The molecule has 1 saturated heterocycles. The Hall–Kier alpha value is -3.06. The molecule has 7 heteroatoms. The molecule has 1 fully saturated rings. The molecule has 0 unspecified atom stereocenters. The Labute approximate surface area is 178 Å². The molecule has 2 amide bonds. The molecule has 2 N–H and O–H groups in total. The lowest BCUT2D eigenvalue weighted by atomic mass is 10.2. The number of nitrogens with one attached hydrogen (secondary N) is 2. The first-order valence-electron chi connectivity index (χ1n) is 10.3. The fraction of sp³-hybridized carbons (Fsp3) is 0.391. The maximum Gasteiger partial charge on any atom is 0.313 e. The van der Waals surface area contributed by atoms with Gasteiger partial charge in [0.25, 0.3) is 0 Å². The molecule has 7 nitrogen and oxygen atoms in total. The first-order chi connectivity index (χ1) is 14.5. The fourth-order valence-electron chi connectivity index (χ4n) is 3.52. The van der Waals surface area contributed by atoms with E-state index in [4.69, 9.17) is 4.74 Å². The van der Waals surface area contributed by atoms with Crippen LogP contribution < -0.4 is 20.3 Å². The van der Waals surface area contributed by atoms with Crippen LogP contribution in [0.5, 0.6) is 5.75 Å². The monoisotopic (exact) mass is 410 g/mol. The van der Waals surface area contributed by atoms with Crippen molar-refractivity contribution in [2.75, 3.05) is 56.6 Å². The average molecular weight is 411 g/mol. The van der Waals surface area contributed by atoms with Crippen molar-refractivity contribution in [1.29, 1.82) is 0 Å². The van der Waals surface area contributed by atoms with Crippen LogP contribution in [0.2, 0.25) is 0 Å². The summed E-state index contributed by atoms with van der Waals surface area (Å²) in [5.74, 6) is -0.360. The third-order valence-corrected chi connectivity index (χ3v) is 5.23. The van der Waals surface area contributed by atoms with E-state index >= 15 is 0 Å². The quantitative estimate of drug-likeness (QED) is 0.541. The molecule has 0 radical (unpaired) electrons. The second kappa shape index (κ2) is 10.6. The van der Waals surface area contributed by atoms with Crippen LogP contribution in [-0.2, 0) is 9.59 Å². The summed E-state index contributed by atoms with van der Waals surface area (Å²) in [6.07, 6.45) is 0.812.